The van der Waals surface area contributed by atoms with Crippen LogP contribution in [0.15, 0.2) is 0 Å². The third-order valence-electron chi connectivity index (χ3n) is 5.16. The highest BCUT2D eigenvalue weighted by Gasteiger charge is 2.28. The fourth-order valence-electron chi connectivity index (χ4n) is 4.06. The zero-order chi connectivity index (χ0) is 14.4. The largest absolute Gasteiger partial charge is 0.342 e. The molecule has 0 aromatic carbocycles. The highest BCUT2D eigenvalue weighted by Crippen LogP contribution is 2.30. The minimum absolute atomic E-state index is 0.228. The topological polar surface area (TPSA) is 32.3 Å². The lowest BCUT2D eigenvalue weighted by atomic mass is 9.82. The molecule has 2 fully saturated rings. The van der Waals surface area contributed by atoms with Gasteiger partial charge >= 0.3 is 0 Å². The van der Waals surface area contributed by atoms with Gasteiger partial charge in [-0.1, -0.05) is 39.0 Å². The Morgan fingerprint density at radius 3 is 2.55 bits per heavy atom. The van der Waals surface area contributed by atoms with E-state index in [0.717, 1.165) is 32.0 Å². The predicted molar refractivity (Wildman–Crippen MR) is 83.6 cm³/mol. The van der Waals surface area contributed by atoms with Crippen molar-refractivity contribution in [1.82, 2.24) is 10.2 Å². The van der Waals surface area contributed by atoms with Crippen molar-refractivity contribution < 1.29 is 4.79 Å². The molecule has 1 aliphatic carbocycles. The van der Waals surface area contributed by atoms with Crippen LogP contribution in [0.4, 0.5) is 0 Å². The second kappa shape index (κ2) is 8.02. The smallest absolute Gasteiger partial charge is 0.225 e. The maximum absolute atomic E-state index is 12.6. The number of nitrogens with zero attached hydrogens (tertiary/aromatic N) is 1. The quantitative estimate of drug-likeness (QED) is 0.839. The molecule has 1 saturated heterocycles. The normalized spacial score (nSPS) is 26.5. The van der Waals surface area contributed by atoms with E-state index in [4.69, 9.17) is 0 Å². The average molecular weight is 280 g/mol. The molecule has 1 aliphatic heterocycles. The second-order valence-corrected chi connectivity index (χ2v) is 6.99. The van der Waals surface area contributed by atoms with Crippen molar-refractivity contribution in [2.24, 2.45) is 17.8 Å². The number of piperidine rings is 1. The predicted octanol–water partition coefficient (Wildman–Crippen LogP) is 3.05. The fraction of sp³-hybridized carbons (Fsp3) is 0.941. The van der Waals surface area contributed by atoms with Gasteiger partial charge < -0.3 is 10.2 Å². The van der Waals surface area contributed by atoms with Crippen LogP contribution in [0.25, 0.3) is 0 Å². The molecule has 2 atom stereocenters. The Bertz CT molecular complexity index is 297. The zero-order valence-corrected chi connectivity index (χ0v) is 13.4. The van der Waals surface area contributed by atoms with E-state index in [0.29, 0.717) is 11.8 Å². The number of amides is 1. The highest BCUT2D eigenvalue weighted by molar-refractivity contribution is 5.78. The van der Waals surface area contributed by atoms with Crippen molar-refractivity contribution in [2.45, 2.75) is 58.3 Å². The van der Waals surface area contributed by atoms with Gasteiger partial charge in [0, 0.05) is 19.0 Å². The molecule has 1 heterocycles. The summed E-state index contributed by atoms with van der Waals surface area (Å²) in [6.45, 7) is 5.14. The molecular formula is C17H32N2O. The van der Waals surface area contributed by atoms with E-state index < -0.39 is 0 Å². The first-order valence-corrected chi connectivity index (χ1v) is 8.64. The van der Waals surface area contributed by atoms with Crippen LogP contribution in [0.5, 0.6) is 0 Å². The molecule has 0 aromatic heterocycles. The molecule has 2 aliphatic rings. The first-order chi connectivity index (χ1) is 9.70. The highest BCUT2D eigenvalue weighted by atomic mass is 16.2. The Balaban J connectivity index is 1.79. The molecule has 1 N–H and O–H groups in total. The molecular weight excluding hydrogens is 248 g/mol. The lowest BCUT2D eigenvalue weighted by Crippen LogP contribution is -2.44. The van der Waals surface area contributed by atoms with Gasteiger partial charge in [-0.2, -0.15) is 0 Å². The summed E-state index contributed by atoms with van der Waals surface area (Å²) in [5, 5.41) is 3.25. The summed E-state index contributed by atoms with van der Waals surface area (Å²) < 4.78 is 0. The van der Waals surface area contributed by atoms with E-state index in [9.17, 15) is 4.79 Å². The maximum Gasteiger partial charge on any atom is 0.225 e. The summed E-state index contributed by atoms with van der Waals surface area (Å²) in [4.78, 5) is 14.8. The summed E-state index contributed by atoms with van der Waals surface area (Å²) in [6, 6.07) is 0. The summed E-state index contributed by atoms with van der Waals surface area (Å²) in [5.74, 6) is 2.10. The lowest BCUT2D eigenvalue weighted by molar-refractivity contribution is -0.137. The van der Waals surface area contributed by atoms with Gasteiger partial charge in [-0.3, -0.25) is 4.79 Å². The van der Waals surface area contributed by atoms with Gasteiger partial charge in [-0.25, -0.2) is 0 Å². The first kappa shape index (κ1) is 15.8. The van der Waals surface area contributed by atoms with Crippen LogP contribution in [-0.2, 0) is 4.79 Å². The van der Waals surface area contributed by atoms with E-state index >= 15 is 0 Å². The van der Waals surface area contributed by atoms with Gasteiger partial charge in [-0.05, 0) is 44.7 Å². The van der Waals surface area contributed by atoms with Crippen LogP contribution >= 0.6 is 0 Å². The molecule has 1 amide bonds. The standard InChI is InChI=1S/C17H32N2O/c1-14(11-15-7-4-3-5-8-15)17(20)19-10-6-9-16(13-19)12-18-2/h14-16,18H,3-13H2,1-2H3. The third-order valence-corrected chi connectivity index (χ3v) is 5.16. The number of hydrogen-bond acceptors (Lipinski definition) is 2. The van der Waals surface area contributed by atoms with E-state index in [1.807, 2.05) is 7.05 Å². The molecule has 3 nitrogen and oxygen atoms in total. The van der Waals surface area contributed by atoms with Crippen LogP contribution in [0.1, 0.15) is 58.3 Å². The van der Waals surface area contributed by atoms with Crippen LogP contribution in [-0.4, -0.2) is 37.5 Å². The minimum atomic E-state index is 0.228. The van der Waals surface area contributed by atoms with Crippen LogP contribution in [0.3, 0.4) is 0 Å². The van der Waals surface area contributed by atoms with Gasteiger partial charge in [0.05, 0.1) is 0 Å². The molecule has 116 valence electrons. The monoisotopic (exact) mass is 280 g/mol. The summed E-state index contributed by atoms with van der Waals surface area (Å²) in [7, 11) is 2.01. The number of hydrogen-bond donors (Lipinski definition) is 1. The van der Waals surface area contributed by atoms with Crippen molar-refractivity contribution in [2.75, 3.05) is 26.7 Å². The Kier molecular flexibility index (Phi) is 6.34. The van der Waals surface area contributed by atoms with Crippen molar-refractivity contribution in [3.8, 4) is 0 Å². The third kappa shape index (κ3) is 4.47. The van der Waals surface area contributed by atoms with Crippen molar-refractivity contribution in [3.63, 3.8) is 0 Å². The molecule has 0 radical (unpaired) electrons. The summed E-state index contributed by atoms with van der Waals surface area (Å²) >= 11 is 0. The summed E-state index contributed by atoms with van der Waals surface area (Å²) in [5.41, 5.74) is 0. The average Bonchev–Trinajstić information content (AvgIpc) is 2.48. The molecule has 0 spiro atoms. The Hall–Kier alpha value is -0.570. The number of carbonyl (C=O) groups excluding carboxylic acids is 1. The van der Waals surface area contributed by atoms with Crippen molar-refractivity contribution in [1.29, 1.82) is 0 Å². The number of likely N-dealkylation sites (tertiary alicyclic amines) is 1. The Morgan fingerprint density at radius 2 is 1.85 bits per heavy atom. The molecule has 0 bridgehead atoms. The van der Waals surface area contributed by atoms with Crippen molar-refractivity contribution >= 4 is 5.91 Å². The van der Waals surface area contributed by atoms with E-state index in [1.54, 1.807) is 0 Å². The molecule has 0 aromatic rings. The van der Waals surface area contributed by atoms with E-state index in [2.05, 4.69) is 17.1 Å². The van der Waals surface area contributed by atoms with Gasteiger partial charge in [0.2, 0.25) is 5.91 Å². The van der Waals surface area contributed by atoms with E-state index in [1.165, 1.54) is 44.9 Å². The fourth-order valence-corrected chi connectivity index (χ4v) is 4.06. The second-order valence-electron chi connectivity index (χ2n) is 6.99. The molecule has 2 rings (SSSR count). The minimum Gasteiger partial charge on any atom is -0.342 e. The van der Waals surface area contributed by atoms with Gasteiger partial charge in [0.25, 0.3) is 0 Å². The lowest BCUT2D eigenvalue weighted by Gasteiger charge is -2.35. The van der Waals surface area contributed by atoms with Gasteiger partial charge in [0.15, 0.2) is 0 Å². The molecule has 1 saturated carbocycles. The van der Waals surface area contributed by atoms with Gasteiger partial charge in [-0.15, -0.1) is 0 Å². The Morgan fingerprint density at radius 1 is 1.15 bits per heavy atom. The Labute approximate surface area is 124 Å². The summed E-state index contributed by atoms with van der Waals surface area (Å²) in [6.07, 6.45) is 10.4. The van der Waals surface area contributed by atoms with Crippen LogP contribution < -0.4 is 5.32 Å². The molecule has 2 unspecified atom stereocenters. The molecule has 20 heavy (non-hydrogen) atoms. The number of rotatable bonds is 5. The first-order valence-electron chi connectivity index (χ1n) is 8.64. The van der Waals surface area contributed by atoms with Crippen LogP contribution in [0.2, 0.25) is 0 Å². The van der Waals surface area contributed by atoms with Crippen LogP contribution in [0, 0.1) is 17.8 Å². The number of nitrogens with one attached hydrogen (secondary N) is 1. The SMILES string of the molecule is CNCC1CCCN(C(=O)C(C)CC2CCCCC2)C1. The van der Waals surface area contributed by atoms with Gasteiger partial charge in [0.1, 0.15) is 0 Å². The van der Waals surface area contributed by atoms with E-state index in [-0.39, 0.29) is 5.92 Å². The maximum atomic E-state index is 12.6. The van der Waals surface area contributed by atoms with Crippen molar-refractivity contribution in [3.05, 3.63) is 0 Å². The number of carbonyl (C=O) groups is 1. The zero-order valence-electron chi connectivity index (χ0n) is 13.4. The molecule has 3 heteroatoms.